The molecule has 3 heterocycles. The SMILES string of the molecule is C=NN(C)/C(=C\C)c1n[nH]c2cc3c(cc12)CN([C@@H]1CCN(CC(F)(F)F)C1)C(=O)N3. The number of aromatic amines is 1. The summed E-state index contributed by atoms with van der Waals surface area (Å²) >= 11 is 0. The van der Waals surface area contributed by atoms with E-state index in [2.05, 4.69) is 27.3 Å². The lowest BCUT2D eigenvalue weighted by Crippen LogP contribution is -2.46. The summed E-state index contributed by atoms with van der Waals surface area (Å²) in [5.74, 6) is 0. The number of nitrogens with zero attached hydrogens (tertiary/aromatic N) is 5. The molecule has 2 aliphatic rings. The van der Waals surface area contributed by atoms with Gasteiger partial charge in [0.05, 0.1) is 17.8 Å². The normalized spacial score (nSPS) is 20.2. The third kappa shape index (κ3) is 4.09. The molecule has 8 nitrogen and oxygen atoms in total. The van der Waals surface area contributed by atoms with Crippen molar-refractivity contribution in [3.8, 4) is 0 Å². The van der Waals surface area contributed by atoms with Crippen LogP contribution in [-0.2, 0) is 6.54 Å². The van der Waals surface area contributed by atoms with Gasteiger partial charge in [0, 0.05) is 50.5 Å². The number of hydrazone groups is 1. The van der Waals surface area contributed by atoms with Gasteiger partial charge >= 0.3 is 12.2 Å². The van der Waals surface area contributed by atoms with Crippen molar-refractivity contribution in [1.29, 1.82) is 0 Å². The number of carbonyl (C=O) groups is 1. The molecule has 0 bridgehead atoms. The van der Waals surface area contributed by atoms with Crippen molar-refractivity contribution < 1.29 is 18.0 Å². The number of nitrogens with one attached hydrogen (secondary N) is 2. The average Bonchev–Trinajstić information content (AvgIpc) is 3.32. The first-order valence-corrected chi connectivity index (χ1v) is 9.95. The maximum absolute atomic E-state index is 12.7. The van der Waals surface area contributed by atoms with E-state index in [9.17, 15) is 18.0 Å². The molecule has 166 valence electrons. The summed E-state index contributed by atoms with van der Waals surface area (Å²) < 4.78 is 38.2. The lowest BCUT2D eigenvalue weighted by atomic mass is 10.0. The molecule has 2 aliphatic heterocycles. The molecule has 1 aromatic heterocycles. The Morgan fingerprint density at radius 2 is 2.23 bits per heavy atom. The van der Waals surface area contributed by atoms with Crippen molar-refractivity contribution in [3.63, 3.8) is 0 Å². The molecule has 0 aliphatic carbocycles. The molecule has 1 fully saturated rings. The zero-order chi connectivity index (χ0) is 22.3. The highest BCUT2D eigenvalue weighted by molar-refractivity contribution is 5.98. The van der Waals surface area contributed by atoms with Crippen LogP contribution in [0.2, 0.25) is 0 Å². The fraction of sp³-hybridized carbons (Fsp3) is 0.450. The van der Waals surface area contributed by atoms with Crippen LogP contribution in [0.25, 0.3) is 16.6 Å². The van der Waals surface area contributed by atoms with Crippen LogP contribution in [0.4, 0.5) is 23.7 Å². The minimum Gasteiger partial charge on any atom is -0.316 e. The number of fused-ring (bicyclic) bond motifs is 2. The Labute approximate surface area is 177 Å². The van der Waals surface area contributed by atoms with Gasteiger partial charge in [0.25, 0.3) is 0 Å². The summed E-state index contributed by atoms with van der Waals surface area (Å²) in [4.78, 5) is 15.6. The van der Waals surface area contributed by atoms with Crippen molar-refractivity contribution in [2.45, 2.75) is 32.1 Å². The lowest BCUT2D eigenvalue weighted by molar-refractivity contribution is -0.143. The first-order chi connectivity index (χ1) is 14.7. The van der Waals surface area contributed by atoms with Crippen LogP contribution < -0.4 is 5.32 Å². The molecule has 31 heavy (non-hydrogen) atoms. The molecule has 1 aromatic carbocycles. The fourth-order valence-electron chi connectivity index (χ4n) is 4.31. The van der Waals surface area contributed by atoms with Crippen molar-refractivity contribution in [3.05, 3.63) is 29.5 Å². The maximum Gasteiger partial charge on any atom is 0.401 e. The van der Waals surface area contributed by atoms with Crippen molar-refractivity contribution >= 4 is 35.0 Å². The van der Waals surface area contributed by atoms with Crippen LogP contribution in [0.1, 0.15) is 24.6 Å². The number of anilines is 1. The van der Waals surface area contributed by atoms with Gasteiger partial charge in [-0.3, -0.25) is 15.0 Å². The molecule has 0 radical (unpaired) electrons. The monoisotopic (exact) mass is 435 g/mol. The smallest absolute Gasteiger partial charge is 0.316 e. The molecule has 0 unspecified atom stereocenters. The van der Waals surface area contributed by atoms with Crippen LogP contribution in [-0.4, -0.2) is 76.7 Å². The molecule has 0 spiro atoms. The molecule has 11 heteroatoms. The van der Waals surface area contributed by atoms with Gasteiger partial charge in [-0.25, -0.2) is 4.79 Å². The molecular formula is C20H24F3N7O. The third-order valence-corrected chi connectivity index (χ3v) is 5.80. The number of urea groups is 1. The maximum atomic E-state index is 12.7. The minimum absolute atomic E-state index is 0.208. The summed E-state index contributed by atoms with van der Waals surface area (Å²) in [6.45, 7) is 5.33. The average molecular weight is 435 g/mol. The number of H-pyrrole nitrogens is 1. The summed E-state index contributed by atoms with van der Waals surface area (Å²) in [7, 11) is 1.77. The van der Waals surface area contributed by atoms with E-state index in [4.69, 9.17) is 0 Å². The van der Waals surface area contributed by atoms with Gasteiger partial charge in [-0.15, -0.1) is 0 Å². The highest BCUT2D eigenvalue weighted by Crippen LogP contribution is 2.34. The second kappa shape index (κ2) is 7.88. The minimum atomic E-state index is -4.24. The topological polar surface area (TPSA) is 79.9 Å². The Kier molecular flexibility index (Phi) is 5.38. The number of halogens is 3. The number of hydrogen-bond acceptors (Lipinski definition) is 5. The predicted octanol–water partition coefficient (Wildman–Crippen LogP) is 3.46. The fourth-order valence-corrected chi connectivity index (χ4v) is 4.31. The van der Waals surface area contributed by atoms with Gasteiger partial charge in [0.1, 0.15) is 5.69 Å². The van der Waals surface area contributed by atoms with E-state index in [1.54, 1.807) is 17.0 Å². The summed E-state index contributed by atoms with van der Waals surface area (Å²) in [6, 6.07) is 3.22. The standard InChI is InChI=1S/C20H24F3N7O/c1-4-17(28(3)24-2)18-14-7-12-9-30(13-5-6-29(10-13)11-20(21,22)23)19(31)25-15(12)8-16(14)26-27-18/h4,7-8,13H,2,5-6,9-11H2,1,3H3,(H,25,31)(H,26,27)/b17-4-/t13-/m1/s1. The van der Waals surface area contributed by atoms with Crippen LogP contribution >= 0.6 is 0 Å². The van der Waals surface area contributed by atoms with Crippen LogP contribution in [0, 0.1) is 0 Å². The van der Waals surface area contributed by atoms with E-state index in [0.717, 1.165) is 22.2 Å². The lowest BCUT2D eigenvalue weighted by Gasteiger charge is -2.34. The molecule has 4 rings (SSSR count). The van der Waals surface area contributed by atoms with Crippen molar-refractivity contribution in [1.82, 2.24) is 25.0 Å². The van der Waals surface area contributed by atoms with Crippen molar-refractivity contribution in [2.75, 3.05) is 32.0 Å². The third-order valence-electron chi connectivity index (χ3n) is 5.80. The van der Waals surface area contributed by atoms with E-state index in [-0.39, 0.29) is 18.6 Å². The molecule has 1 atom stereocenters. The van der Waals surface area contributed by atoms with E-state index in [0.29, 0.717) is 30.9 Å². The Bertz CT molecular complexity index is 1050. The van der Waals surface area contributed by atoms with Gasteiger partial charge < -0.3 is 10.2 Å². The Morgan fingerprint density at radius 1 is 1.45 bits per heavy atom. The molecule has 2 aromatic rings. The number of benzene rings is 1. The Hall–Kier alpha value is -3.08. The first kappa shape index (κ1) is 21.2. The molecule has 0 saturated carbocycles. The number of rotatable bonds is 5. The number of aromatic nitrogens is 2. The van der Waals surface area contributed by atoms with E-state index in [1.165, 1.54) is 4.90 Å². The summed E-state index contributed by atoms with van der Waals surface area (Å²) in [5, 5.41) is 16.7. The van der Waals surface area contributed by atoms with Gasteiger partial charge in [-0.2, -0.15) is 23.4 Å². The van der Waals surface area contributed by atoms with Crippen LogP contribution in [0.15, 0.2) is 23.3 Å². The molecule has 2 N–H and O–H groups in total. The number of allylic oxidation sites excluding steroid dienone is 1. The zero-order valence-electron chi connectivity index (χ0n) is 17.3. The number of amides is 2. The number of likely N-dealkylation sites (tertiary alicyclic amines) is 1. The van der Waals surface area contributed by atoms with E-state index >= 15 is 0 Å². The van der Waals surface area contributed by atoms with Gasteiger partial charge in [0.15, 0.2) is 0 Å². The molecule has 2 amide bonds. The summed E-state index contributed by atoms with van der Waals surface area (Å²) in [5.41, 5.74) is 3.80. The van der Waals surface area contributed by atoms with Gasteiger partial charge in [-0.05, 0) is 31.0 Å². The van der Waals surface area contributed by atoms with Gasteiger partial charge in [-0.1, -0.05) is 6.08 Å². The van der Waals surface area contributed by atoms with Crippen LogP contribution in [0.3, 0.4) is 0 Å². The Morgan fingerprint density at radius 3 is 2.90 bits per heavy atom. The Balaban J connectivity index is 1.60. The number of alkyl halides is 3. The van der Waals surface area contributed by atoms with E-state index < -0.39 is 12.7 Å². The first-order valence-electron chi connectivity index (χ1n) is 9.95. The quantitative estimate of drug-likeness (QED) is 0.557. The molecule has 1 saturated heterocycles. The zero-order valence-corrected chi connectivity index (χ0v) is 17.3. The number of carbonyl (C=O) groups excluding carboxylic acids is 1. The van der Waals surface area contributed by atoms with Crippen molar-refractivity contribution in [2.24, 2.45) is 5.10 Å². The highest BCUT2D eigenvalue weighted by Gasteiger charge is 2.38. The number of hydrogen-bond donors (Lipinski definition) is 2. The summed E-state index contributed by atoms with van der Waals surface area (Å²) in [6.07, 6.45) is -1.85. The second-order valence-corrected chi connectivity index (χ2v) is 7.82. The largest absolute Gasteiger partial charge is 0.401 e. The predicted molar refractivity (Wildman–Crippen MR) is 113 cm³/mol. The highest BCUT2D eigenvalue weighted by atomic mass is 19.4. The van der Waals surface area contributed by atoms with E-state index in [1.807, 2.05) is 25.1 Å². The van der Waals surface area contributed by atoms with Crippen LogP contribution in [0.5, 0.6) is 0 Å². The molecular weight excluding hydrogens is 411 g/mol. The second-order valence-electron chi connectivity index (χ2n) is 7.82. The van der Waals surface area contributed by atoms with Gasteiger partial charge in [0.2, 0.25) is 0 Å².